The Bertz CT molecular complexity index is 314. The quantitative estimate of drug-likeness (QED) is 0.737. The summed E-state index contributed by atoms with van der Waals surface area (Å²) in [6.45, 7) is 4.36. The molecule has 0 unspecified atom stereocenters. The Morgan fingerprint density at radius 3 is 3.00 bits per heavy atom. The first-order chi connectivity index (χ1) is 6.83. The number of para-hydroxylation sites is 1. The molecule has 0 atom stereocenters. The monoisotopic (exact) mass is 208 g/mol. The van der Waals surface area contributed by atoms with Crippen molar-refractivity contribution in [1.29, 1.82) is 0 Å². The van der Waals surface area contributed by atoms with Crippen molar-refractivity contribution in [3.63, 3.8) is 0 Å². The molecule has 0 saturated heterocycles. The fraction of sp³-hybridized carbons (Fsp3) is 0.455. The van der Waals surface area contributed by atoms with Gasteiger partial charge in [-0.1, -0.05) is 19.1 Å². The van der Waals surface area contributed by atoms with Gasteiger partial charge in [0.15, 0.2) is 0 Å². The average Bonchev–Trinajstić information content (AvgIpc) is 2.27. The van der Waals surface area contributed by atoms with Crippen molar-refractivity contribution in [1.82, 2.24) is 5.01 Å². The minimum Gasteiger partial charge on any atom is -0.304 e. The van der Waals surface area contributed by atoms with E-state index in [-0.39, 0.29) is 0 Å². The highest BCUT2D eigenvalue weighted by molar-refractivity contribution is 7.99. The molecule has 0 fully saturated rings. The molecule has 0 saturated carbocycles. The Morgan fingerprint density at radius 1 is 1.43 bits per heavy atom. The molecule has 0 amide bonds. The standard InChI is InChI=1S/C11H16N2S/c1-3-12(2)13-8-9-14-11-7-5-4-6-10(11)13/h4-7H,3,8-9H2,1-2H3. The lowest BCUT2D eigenvalue weighted by Gasteiger charge is -2.37. The van der Waals surface area contributed by atoms with Gasteiger partial charge >= 0.3 is 0 Å². The van der Waals surface area contributed by atoms with Crippen LogP contribution in [0, 0.1) is 0 Å². The second kappa shape index (κ2) is 4.24. The molecule has 0 bridgehead atoms. The molecule has 76 valence electrons. The third-order valence-corrected chi connectivity index (χ3v) is 3.62. The van der Waals surface area contributed by atoms with Crippen molar-refractivity contribution in [2.24, 2.45) is 0 Å². The number of benzene rings is 1. The van der Waals surface area contributed by atoms with Gasteiger partial charge in [0.25, 0.3) is 0 Å². The number of thioether (sulfide) groups is 1. The maximum absolute atomic E-state index is 2.37. The third kappa shape index (κ3) is 1.74. The van der Waals surface area contributed by atoms with E-state index in [1.54, 1.807) is 0 Å². The van der Waals surface area contributed by atoms with Crippen LogP contribution >= 0.6 is 11.8 Å². The smallest absolute Gasteiger partial charge is 0.0658 e. The Morgan fingerprint density at radius 2 is 2.21 bits per heavy atom. The zero-order valence-electron chi connectivity index (χ0n) is 8.73. The number of nitrogens with zero attached hydrogens (tertiary/aromatic N) is 2. The molecule has 1 aromatic rings. The van der Waals surface area contributed by atoms with E-state index in [9.17, 15) is 0 Å². The van der Waals surface area contributed by atoms with Crippen molar-refractivity contribution in [2.45, 2.75) is 11.8 Å². The highest BCUT2D eigenvalue weighted by Crippen LogP contribution is 2.34. The molecule has 0 spiro atoms. The predicted octanol–water partition coefficient (Wildman–Crippen LogP) is 2.47. The van der Waals surface area contributed by atoms with Crippen molar-refractivity contribution in [3.05, 3.63) is 24.3 Å². The molecule has 2 rings (SSSR count). The van der Waals surface area contributed by atoms with E-state index in [0.717, 1.165) is 13.1 Å². The fourth-order valence-corrected chi connectivity index (χ4v) is 2.66. The molecule has 3 heteroatoms. The SMILES string of the molecule is CCN(C)N1CCSc2ccccc21. The zero-order valence-corrected chi connectivity index (χ0v) is 9.55. The van der Waals surface area contributed by atoms with Crippen LogP contribution in [0.25, 0.3) is 0 Å². The van der Waals surface area contributed by atoms with Crippen LogP contribution in [0.1, 0.15) is 6.92 Å². The van der Waals surface area contributed by atoms with E-state index in [0.29, 0.717) is 0 Å². The first-order valence-corrected chi connectivity index (χ1v) is 6.02. The van der Waals surface area contributed by atoms with Gasteiger partial charge < -0.3 is 5.01 Å². The molecular weight excluding hydrogens is 192 g/mol. The Labute approximate surface area is 89.9 Å². The Balaban J connectivity index is 2.30. The van der Waals surface area contributed by atoms with Crippen LogP contribution in [0.15, 0.2) is 29.2 Å². The minimum absolute atomic E-state index is 1.05. The van der Waals surface area contributed by atoms with Crippen LogP contribution < -0.4 is 5.01 Å². The third-order valence-electron chi connectivity index (χ3n) is 2.57. The molecule has 0 aliphatic carbocycles. The zero-order chi connectivity index (χ0) is 9.97. The van der Waals surface area contributed by atoms with Crippen LogP contribution in [0.5, 0.6) is 0 Å². The van der Waals surface area contributed by atoms with Gasteiger partial charge in [-0.05, 0) is 12.1 Å². The normalized spacial score (nSPS) is 15.8. The number of fused-ring (bicyclic) bond motifs is 1. The fourth-order valence-electron chi connectivity index (χ4n) is 1.68. The molecule has 0 radical (unpaired) electrons. The lowest BCUT2D eigenvalue weighted by atomic mass is 10.3. The second-order valence-corrected chi connectivity index (χ2v) is 4.55. The summed E-state index contributed by atoms with van der Waals surface area (Å²) in [4.78, 5) is 1.40. The van der Waals surface area contributed by atoms with E-state index in [4.69, 9.17) is 0 Å². The number of rotatable bonds is 2. The van der Waals surface area contributed by atoms with Gasteiger partial charge in [0.05, 0.1) is 5.69 Å². The van der Waals surface area contributed by atoms with Crippen LogP contribution in [0.3, 0.4) is 0 Å². The van der Waals surface area contributed by atoms with Gasteiger partial charge in [-0.2, -0.15) is 0 Å². The van der Waals surface area contributed by atoms with Gasteiger partial charge in [-0.15, -0.1) is 11.8 Å². The maximum atomic E-state index is 2.37. The average molecular weight is 208 g/mol. The first-order valence-electron chi connectivity index (χ1n) is 5.03. The van der Waals surface area contributed by atoms with Gasteiger partial charge in [0.1, 0.15) is 0 Å². The highest BCUT2D eigenvalue weighted by atomic mass is 32.2. The van der Waals surface area contributed by atoms with Crippen molar-refractivity contribution in [2.75, 3.05) is 30.9 Å². The largest absolute Gasteiger partial charge is 0.304 e. The summed E-state index contributed by atoms with van der Waals surface area (Å²) in [6, 6.07) is 8.63. The summed E-state index contributed by atoms with van der Waals surface area (Å²) < 4.78 is 0. The van der Waals surface area contributed by atoms with Gasteiger partial charge in [0.2, 0.25) is 0 Å². The second-order valence-electron chi connectivity index (χ2n) is 3.41. The minimum atomic E-state index is 1.05. The molecule has 14 heavy (non-hydrogen) atoms. The van der Waals surface area contributed by atoms with Gasteiger partial charge in [-0.3, -0.25) is 0 Å². The Hall–Kier alpha value is -0.670. The topological polar surface area (TPSA) is 6.48 Å². The van der Waals surface area contributed by atoms with E-state index in [1.165, 1.54) is 16.3 Å². The maximum Gasteiger partial charge on any atom is 0.0658 e. The van der Waals surface area contributed by atoms with Crippen molar-refractivity contribution >= 4 is 17.4 Å². The summed E-state index contributed by atoms with van der Waals surface area (Å²) in [6.07, 6.45) is 0. The van der Waals surface area contributed by atoms with E-state index in [2.05, 4.69) is 48.3 Å². The predicted molar refractivity (Wildman–Crippen MR) is 62.8 cm³/mol. The molecule has 1 aliphatic heterocycles. The highest BCUT2D eigenvalue weighted by Gasteiger charge is 2.18. The van der Waals surface area contributed by atoms with E-state index >= 15 is 0 Å². The number of hydrazine groups is 1. The first kappa shape index (κ1) is 9.87. The summed E-state index contributed by atoms with van der Waals surface area (Å²) in [5, 5.41) is 4.64. The van der Waals surface area contributed by atoms with Crippen LogP contribution in [0.4, 0.5) is 5.69 Å². The molecule has 0 N–H and O–H groups in total. The molecular formula is C11H16N2S. The van der Waals surface area contributed by atoms with Crippen molar-refractivity contribution in [3.8, 4) is 0 Å². The Kier molecular flexibility index (Phi) is 2.99. The summed E-state index contributed by atoms with van der Waals surface area (Å²) >= 11 is 1.95. The molecule has 0 aromatic heterocycles. The lowest BCUT2D eigenvalue weighted by molar-refractivity contribution is 0.323. The van der Waals surface area contributed by atoms with Crippen LogP contribution in [-0.4, -0.2) is 30.9 Å². The summed E-state index contributed by atoms with van der Waals surface area (Å²) in [5.41, 5.74) is 1.35. The number of anilines is 1. The van der Waals surface area contributed by atoms with Crippen LogP contribution in [-0.2, 0) is 0 Å². The van der Waals surface area contributed by atoms with Gasteiger partial charge in [-0.25, -0.2) is 5.01 Å². The number of hydrogen-bond donors (Lipinski definition) is 0. The number of hydrogen-bond acceptors (Lipinski definition) is 3. The van der Waals surface area contributed by atoms with Crippen molar-refractivity contribution < 1.29 is 0 Å². The summed E-state index contributed by atoms with van der Waals surface area (Å²) in [5.74, 6) is 1.18. The molecule has 1 heterocycles. The lowest BCUT2D eigenvalue weighted by Crippen LogP contribution is -2.42. The molecule has 1 aliphatic rings. The van der Waals surface area contributed by atoms with Crippen LogP contribution in [0.2, 0.25) is 0 Å². The van der Waals surface area contributed by atoms with E-state index < -0.39 is 0 Å². The van der Waals surface area contributed by atoms with Gasteiger partial charge in [0, 0.05) is 30.8 Å². The van der Waals surface area contributed by atoms with E-state index in [1.807, 2.05) is 11.8 Å². The molecule has 1 aromatic carbocycles. The summed E-state index contributed by atoms with van der Waals surface area (Å²) in [7, 11) is 2.15. The molecule has 2 nitrogen and oxygen atoms in total.